The normalized spacial score (nSPS) is 10.6. The number of aromatic nitrogens is 2. The topological polar surface area (TPSA) is 59.4 Å². The molecule has 18 heavy (non-hydrogen) atoms. The smallest absolute Gasteiger partial charge is 0.268 e. The highest BCUT2D eigenvalue weighted by molar-refractivity contribution is 5.40. The molecule has 1 rings (SSSR count). The standard InChI is InChI=1S/C12H22N4O2/c1-15(2)11-9-12(17)16(14-10-11)7-6-13-5-4-8-18-3/h9-10,13H,4-8H2,1-3H3. The zero-order chi connectivity index (χ0) is 13.4. The van der Waals surface area contributed by atoms with E-state index in [1.54, 1.807) is 19.4 Å². The molecule has 0 atom stereocenters. The average Bonchev–Trinajstić information content (AvgIpc) is 2.35. The van der Waals surface area contributed by atoms with E-state index < -0.39 is 0 Å². The molecule has 0 fully saturated rings. The Morgan fingerprint density at radius 2 is 2.22 bits per heavy atom. The zero-order valence-electron chi connectivity index (χ0n) is 11.3. The quantitative estimate of drug-likeness (QED) is 0.658. The molecule has 0 unspecified atom stereocenters. The van der Waals surface area contributed by atoms with Crippen LogP contribution in [0.3, 0.4) is 0 Å². The van der Waals surface area contributed by atoms with Gasteiger partial charge in [-0.25, -0.2) is 4.68 Å². The molecule has 6 heteroatoms. The third-order valence-electron chi connectivity index (χ3n) is 2.57. The van der Waals surface area contributed by atoms with Crippen molar-refractivity contribution in [2.75, 3.05) is 45.8 Å². The van der Waals surface area contributed by atoms with Gasteiger partial charge in [-0.3, -0.25) is 4.79 Å². The van der Waals surface area contributed by atoms with Crippen molar-refractivity contribution in [3.63, 3.8) is 0 Å². The lowest BCUT2D eigenvalue weighted by atomic mass is 10.4. The minimum atomic E-state index is -0.0695. The van der Waals surface area contributed by atoms with E-state index in [0.717, 1.165) is 31.8 Å². The molecule has 0 aliphatic carbocycles. The summed E-state index contributed by atoms with van der Waals surface area (Å²) in [6.45, 7) is 2.96. The van der Waals surface area contributed by atoms with Gasteiger partial charge in [-0.15, -0.1) is 0 Å². The van der Waals surface area contributed by atoms with Gasteiger partial charge < -0.3 is 15.0 Å². The molecule has 102 valence electrons. The van der Waals surface area contributed by atoms with Crippen LogP contribution in [0.2, 0.25) is 0 Å². The highest BCUT2D eigenvalue weighted by Gasteiger charge is 2.01. The first-order valence-corrected chi connectivity index (χ1v) is 6.09. The number of rotatable bonds is 8. The predicted octanol–water partition coefficient (Wildman–Crippen LogP) is -0.0646. The first-order valence-electron chi connectivity index (χ1n) is 6.09. The van der Waals surface area contributed by atoms with E-state index in [-0.39, 0.29) is 5.56 Å². The minimum Gasteiger partial charge on any atom is -0.385 e. The number of hydrogen-bond donors (Lipinski definition) is 1. The van der Waals surface area contributed by atoms with E-state index in [9.17, 15) is 4.79 Å². The summed E-state index contributed by atoms with van der Waals surface area (Å²) in [6.07, 6.45) is 2.67. The number of hydrogen-bond acceptors (Lipinski definition) is 5. The van der Waals surface area contributed by atoms with E-state index in [1.165, 1.54) is 4.68 Å². The van der Waals surface area contributed by atoms with Crippen molar-refractivity contribution in [2.24, 2.45) is 0 Å². The van der Waals surface area contributed by atoms with Crippen molar-refractivity contribution in [2.45, 2.75) is 13.0 Å². The third kappa shape index (κ3) is 4.85. The van der Waals surface area contributed by atoms with Crippen LogP contribution in [0.4, 0.5) is 5.69 Å². The monoisotopic (exact) mass is 254 g/mol. The lowest BCUT2D eigenvalue weighted by Crippen LogP contribution is -2.29. The average molecular weight is 254 g/mol. The van der Waals surface area contributed by atoms with Crippen LogP contribution in [0.1, 0.15) is 6.42 Å². The van der Waals surface area contributed by atoms with Gasteiger partial charge in [-0.1, -0.05) is 0 Å². The second-order valence-corrected chi connectivity index (χ2v) is 4.27. The largest absolute Gasteiger partial charge is 0.385 e. The van der Waals surface area contributed by atoms with Crippen LogP contribution >= 0.6 is 0 Å². The molecule has 0 bridgehead atoms. The Balaban J connectivity index is 2.37. The van der Waals surface area contributed by atoms with Gasteiger partial charge in [0.15, 0.2) is 0 Å². The third-order valence-corrected chi connectivity index (χ3v) is 2.57. The van der Waals surface area contributed by atoms with Gasteiger partial charge in [-0.05, 0) is 13.0 Å². The first kappa shape index (κ1) is 14.7. The van der Waals surface area contributed by atoms with Crippen LogP contribution in [-0.4, -0.2) is 50.7 Å². The van der Waals surface area contributed by atoms with Crippen molar-refractivity contribution in [1.29, 1.82) is 0 Å². The van der Waals surface area contributed by atoms with E-state index in [2.05, 4.69) is 10.4 Å². The minimum absolute atomic E-state index is 0.0695. The van der Waals surface area contributed by atoms with Gasteiger partial charge in [-0.2, -0.15) is 5.10 Å². The highest BCUT2D eigenvalue weighted by atomic mass is 16.5. The summed E-state index contributed by atoms with van der Waals surface area (Å²) in [5.74, 6) is 0. The summed E-state index contributed by atoms with van der Waals surface area (Å²) in [5, 5.41) is 7.37. The van der Waals surface area contributed by atoms with Crippen molar-refractivity contribution < 1.29 is 4.74 Å². The van der Waals surface area contributed by atoms with Crippen molar-refractivity contribution in [3.05, 3.63) is 22.6 Å². The number of anilines is 1. The molecule has 0 spiro atoms. The van der Waals surface area contributed by atoms with Crippen LogP contribution in [0.5, 0.6) is 0 Å². The molecular weight excluding hydrogens is 232 g/mol. The molecule has 0 amide bonds. The maximum absolute atomic E-state index is 11.7. The predicted molar refractivity (Wildman–Crippen MR) is 72.2 cm³/mol. The number of methoxy groups -OCH3 is 1. The molecule has 0 aromatic carbocycles. The van der Waals surface area contributed by atoms with E-state index in [4.69, 9.17) is 4.74 Å². The Kier molecular flexibility index (Phi) is 6.38. The van der Waals surface area contributed by atoms with E-state index in [1.807, 2.05) is 19.0 Å². The molecule has 1 aromatic heterocycles. The number of nitrogens with one attached hydrogen (secondary N) is 1. The molecule has 0 saturated carbocycles. The molecular formula is C12H22N4O2. The fraction of sp³-hybridized carbons (Fsp3) is 0.667. The van der Waals surface area contributed by atoms with Crippen LogP contribution in [0.25, 0.3) is 0 Å². The Morgan fingerprint density at radius 1 is 1.44 bits per heavy atom. The maximum Gasteiger partial charge on any atom is 0.268 e. The Morgan fingerprint density at radius 3 is 2.83 bits per heavy atom. The second-order valence-electron chi connectivity index (χ2n) is 4.27. The van der Waals surface area contributed by atoms with Crippen molar-refractivity contribution >= 4 is 5.69 Å². The van der Waals surface area contributed by atoms with E-state index >= 15 is 0 Å². The molecule has 1 heterocycles. The molecule has 6 nitrogen and oxygen atoms in total. The summed E-state index contributed by atoms with van der Waals surface area (Å²) in [6, 6.07) is 1.60. The fourth-order valence-electron chi connectivity index (χ4n) is 1.49. The molecule has 1 aromatic rings. The fourth-order valence-corrected chi connectivity index (χ4v) is 1.49. The van der Waals surface area contributed by atoms with Gasteiger partial charge in [0.25, 0.3) is 5.56 Å². The van der Waals surface area contributed by atoms with Gasteiger partial charge in [0, 0.05) is 40.4 Å². The van der Waals surface area contributed by atoms with Crippen LogP contribution in [-0.2, 0) is 11.3 Å². The lowest BCUT2D eigenvalue weighted by Gasteiger charge is -2.12. The van der Waals surface area contributed by atoms with E-state index in [0.29, 0.717) is 6.54 Å². The van der Waals surface area contributed by atoms with Gasteiger partial charge in [0.2, 0.25) is 0 Å². The number of nitrogens with zero attached hydrogens (tertiary/aromatic N) is 3. The van der Waals surface area contributed by atoms with Crippen molar-refractivity contribution in [3.8, 4) is 0 Å². The van der Waals surface area contributed by atoms with Gasteiger partial charge in [0.05, 0.1) is 18.4 Å². The molecule has 0 aliphatic rings. The molecule has 0 saturated heterocycles. The van der Waals surface area contributed by atoms with Gasteiger partial charge in [0.1, 0.15) is 0 Å². The summed E-state index contributed by atoms with van der Waals surface area (Å²) >= 11 is 0. The molecule has 0 radical (unpaired) electrons. The van der Waals surface area contributed by atoms with Gasteiger partial charge >= 0.3 is 0 Å². The Hall–Kier alpha value is -1.40. The number of ether oxygens (including phenoxy) is 1. The Labute approximate surface area is 108 Å². The summed E-state index contributed by atoms with van der Waals surface area (Å²) in [7, 11) is 5.46. The van der Waals surface area contributed by atoms with Crippen LogP contribution in [0, 0.1) is 0 Å². The molecule has 0 aliphatic heterocycles. The highest BCUT2D eigenvalue weighted by Crippen LogP contribution is 2.02. The summed E-state index contributed by atoms with van der Waals surface area (Å²) in [4.78, 5) is 13.6. The zero-order valence-corrected chi connectivity index (χ0v) is 11.3. The first-order chi connectivity index (χ1) is 8.65. The maximum atomic E-state index is 11.7. The van der Waals surface area contributed by atoms with Crippen molar-refractivity contribution in [1.82, 2.24) is 15.1 Å². The van der Waals surface area contributed by atoms with Crippen LogP contribution < -0.4 is 15.8 Å². The second kappa shape index (κ2) is 7.84. The summed E-state index contributed by atoms with van der Waals surface area (Å²) < 4.78 is 6.42. The SMILES string of the molecule is COCCCNCCn1ncc(N(C)C)cc1=O. The van der Waals surface area contributed by atoms with Crippen LogP contribution in [0.15, 0.2) is 17.1 Å². The lowest BCUT2D eigenvalue weighted by molar-refractivity contribution is 0.194. The Bertz CT molecular complexity index is 403. The molecule has 1 N–H and O–H groups in total. The summed E-state index contributed by atoms with van der Waals surface area (Å²) in [5.41, 5.74) is 0.754.